The Morgan fingerprint density at radius 1 is 0.490 bits per heavy atom. The fourth-order valence-electron chi connectivity index (χ4n) is 9.53. The number of benzene rings is 8. The van der Waals surface area contributed by atoms with E-state index in [9.17, 15) is 33.1 Å². The summed E-state index contributed by atoms with van der Waals surface area (Å²) in [5, 5.41) is 35.1. The van der Waals surface area contributed by atoms with Crippen LogP contribution in [0.2, 0.25) is 20.1 Å². The molecule has 0 bridgehead atoms. The van der Waals surface area contributed by atoms with E-state index in [-0.39, 0.29) is 180 Å². The molecular formula is C65H46Br4Cl5F4LiN8O11S4. The van der Waals surface area contributed by atoms with Gasteiger partial charge in [-0.2, -0.15) is 0 Å². The number of aromatic carboxylic acids is 1. The number of carbonyl (C=O) groups is 4. The standard InChI is InChI=1S/C19H15BrClFN2O3S.C17H13BrClFN2O3S.C15H9BrClFN2O2S.C14H7BrClFN2O2S.ClH.Li.H2O/c1-2-26-5-6-27-10-16(25)13-9-17-19(23-24-28-17)18(22)14(13)7-11-3-4-12(20)8-15(11)21;18-10-2-1-9(13(19)6-10)5-12-11(14(24)8-25-4-3-23)7-15-17(16(12)20)21-22-26-15;1-22-15(21)10-6-12-14(19-20-23-12)13(18)9(10)4-7-2-3-8(16)5-11(7)17;15-7-2-1-6(10(16)4-7)3-8-9(14(20)21)5-11-13(12(8)17)18-19-22-11;;;/h2-4,8-9H,1,5-7,10H2;1-2,6-7,23H,3-5,8H2;2-3,5-6H,4H2,1H3;1-2,4-5H,3H2,(H,20,21);1H;;1H2/q;;;;;+1;/p-1. The van der Waals surface area contributed by atoms with Crippen molar-refractivity contribution < 1.29 is 90.2 Å². The molecule has 19 nitrogen and oxygen atoms in total. The number of esters is 1. The zero-order chi connectivity index (χ0) is 71.2. The number of aromatic nitrogens is 8. The van der Waals surface area contributed by atoms with Crippen LogP contribution < -0.4 is 18.9 Å². The number of rotatable bonds is 22. The molecule has 12 aromatic rings. The second-order valence-electron chi connectivity index (χ2n) is 20.5. The van der Waals surface area contributed by atoms with Crippen molar-refractivity contribution in [3.63, 3.8) is 0 Å². The van der Waals surface area contributed by atoms with Crippen LogP contribution in [-0.2, 0) is 44.6 Å². The van der Waals surface area contributed by atoms with Gasteiger partial charge >= 0.3 is 30.8 Å². The third-order valence-electron chi connectivity index (χ3n) is 14.3. The van der Waals surface area contributed by atoms with Gasteiger partial charge in [0.15, 0.2) is 34.8 Å². The average Bonchev–Trinajstić information content (AvgIpc) is 1.49. The zero-order valence-electron chi connectivity index (χ0n) is 52.4. The van der Waals surface area contributed by atoms with E-state index in [2.05, 4.69) is 109 Å². The van der Waals surface area contributed by atoms with Crippen molar-refractivity contribution >= 4 is 233 Å². The fourth-order valence-corrected chi connectivity index (χ4v) is 14.9. The maximum Gasteiger partial charge on any atom is 1.00 e. The maximum atomic E-state index is 15.1. The Hall–Kier alpha value is -5.61. The summed E-state index contributed by atoms with van der Waals surface area (Å²) in [6, 6.07) is 27.2. The number of methoxy groups -OCH3 is 1. The summed E-state index contributed by atoms with van der Waals surface area (Å²) in [7, 11) is 1.26. The van der Waals surface area contributed by atoms with E-state index in [1.165, 1.54) is 19.4 Å². The van der Waals surface area contributed by atoms with Gasteiger partial charge in [0.2, 0.25) is 0 Å². The largest absolute Gasteiger partial charge is 1.00 e. The van der Waals surface area contributed by atoms with Crippen molar-refractivity contribution in [1.29, 1.82) is 0 Å². The Kier molecular flexibility index (Phi) is 33.6. The third-order valence-corrected chi connectivity index (χ3v) is 20.3. The monoisotopic (exact) mass is 1820 g/mol. The van der Waals surface area contributed by atoms with Gasteiger partial charge in [-0.25, -0.2) is 27.2 Å². The van der Waals surface area contributed by atoms with Crippen LogP contribution in [0.5, 0.6) is 0 Å². The van der Waals surface area contributed by atoms with Crippen LogP contribution in [0.3, 0.4) is 0 Å². The van der Waals surface area contributed by atoms with E-state index >= 15 is 8.78 Å². The molecule has 0 aliphatic rings. The topological polar surface area (TPSA) is 279 Å². The molecule has 0 aliphatic heterocycles. The van der Waals surface area contributed by atoms with Gasteiger partial charge in [0.1, 0.15) is 41.9 Å². The summed E-state index contributed by atoms with van der Waals surface area (Å²) in [4.78, 5) is 48.7. The molecule has 3 N–H and O–H groups in total. The second kappa shape index (κ2) is 40.2. The van der Waals surface area contributed by atoms with E-state index in [0.29, 0.717) is 61.1 Å². The van der Waals surface area contributed by atoms with Gasteiger partial charge in [-0.05, 0) is 141 Å². The van der Waals surface area contributed by atoms with Crippen molar-refractivity contribution in [3.8, 4) is 0 Å². The van der Waals surface area contributed by atoms with Crippen LogP contribution in [0, 0.1) is 23.3 Å². The molecule has 102 heavy (non-hydrogen) atoms. The summed E-state index contributed by atoms with van der Waals surface area (Å²) in [5.74, 6) is -4.91. The first-order valence-corrected chi connectivity index (χ1v) is 36.1. The maximum absolute atomic E-state index is 15.1. The van der Waals surface area contributed by atoms with Gasteiger partial charge in [0.25, 0.3) is 0 Å². The van der Waals surface area contributed by atoms with Gasteiger partial charge in [-0.1, -0.05) is 159 Å². The molecule has 12 rings (SSSR count). The number of fused-ring (bicyclic) bond motifs is 4. The average molecular weight is 1820 g/mol. The van der Waals surface area contributed by atoms with Crippen molar-refractivity contribution in [2.75, 3.05) is 46.8 Å². The summed E-state index contributed by atoms with van der Waals surface area (Å²) >= 11 is 42.2. The number of aliphatic hydroxyl groups excluding tert-OH is 1. The molecule has 0 radical (unpaired) electrons. The van der Waals surface area contributed by atoms with Gasteiger partial charge in [-0.15, -0.1) is 32.8 Å². The summed E-state index contributed by atoms with van der Waals surface area (Å²) in [6.07, 6.45) is 1.78. The number of nitrogens with zero attached hydrogens (tertiary/aromatic N) is 8. The molecule has 0 spiro atoms. The van der Waals surface area contributed by atoms with Crippen molar-refractivity contribution in [3.05, 3.63) is 238 Å². The molecule has 0 aliphatic carbocycles. The Bertz CT molecular complexity index is 5060. The summed E-state index contributed by atoms with van der Waals surface area (Å²) < 4.78 is 99.8. The summed E-state index contributed by atoms with van der Waals surface area (Å²) in [5.41, 5.74) is 4.37. The number of aliphatic hydroxyl groups is 1. The fraction of sp³-hybridized carbons (Fsp3) is 0.169. The van der Waals surface area contributed by atoms with E-state index in [0.717, 1.165) is 64.0 Å². The van der Waals surface area contributed by atoms with E-state index in [1.807, 2.05) is 6.07 Å². The second-order valence-corrected chi connectivity index (χ2v) is 28.9. The predicted molar refractivity (Wildman–Crippen MR) is 398 cm³/mol. The van der Waals surface area contributed by atoms with Crippen LogP contribution in [-0.4, -0.2) is 124 Å². The molecular weight excluding hydrogens is 1780 g/mol. The Morgan fingerprint density at radius 3 is 1.08 bits per heavy atom. The van der Waals surface area contributed by atoms with Gasteiger partial charge in [-0.3, -0.25) is 9.59 Å². The Labute approximate surface area is 665 Å². The molecule has 0 fully saturated rings. The SMILES string of the molecule is C=COCCOCC(=O)c1cc2snnc2c(F)c1Cc1ccc(Br)cc1Cl.COC(=O)c1cc2snnc2c(F)c1Cc1ccc(Br)cc1Cl.Cl.O=C(COCCO)c1cc2snnc2c(F)c1Cc1ccc(Br)cc1Cl.O=C(O)c1cc2snnc2c(F)c1Cc1ccc(Br)cc1Cl.[Li+].[OH-]. The van der Waals surface area contributed by atoms with Crippen LogP contribution in [0.4, 0.5) is 17.6 Å². The summed E-state index contributed by atoms with van der Waals surface area (Å²) in [6.45, 7) is 3.32. The number of ketones is 2. The van der Waals surface area contributed by atoms with Crippen molar-refractivity contribution in [2.45, 2.75) is 25.7 Å². The molecule has 4 aromatic heterocycles. The number of Topliss-reactive ketones (excluding diaryl/α,β-unsaturated/α-hetero) is 2. The first-order valence-electron chi connectivity index (χ1n) is 28.4. The van der Waals surface area contributed by atoms with Gasteiger partial charge in [0, 0.05) is 97.0 Å². The number of ether oxygens (including phenoxy) is 4. The first kappa shape index (κ1) is 85.3. The van der Waals surface area contributed by atoms with Crippen molar-refractivity contribution in [2.24, 2.45) is 0 Å². The smallest absolute Gasteiger partial charge is 0.870 e. The third kappa shape index (κ3) is 21.3. The minimum absolute atomic E-state index is 0. The normalized spacial score (nSPS) is 10.7. The molecule has 0 atom stereocenters. The molecule has 37 heteroatoms. The predicted octanol–water partition coefficient (Wildman–Crippen LogP) is 15.6. The minimum Gasteiger partial charge on any atom is -0.870 e. The minimum atomic E-state index is -1.20. The zero-order valence-corrected chi connectivity index (χ0v) is 65.8. The molecule has 4 heterocycles. The number of hydrogen-bond acceptors (Lipinski definition) is 22. The van der Waals surface area contributed by atoms with Crippen LogP contribution in [0.1, 0.15) is 85.9 Å². The van der Waals surface area contributed by atoms with Crippen LogP contribution >= 0.6 is 169 Å². The molecule has 0 unspecified atom stereocenters. The van der Waals surface area contributed by atoms with E-state index in [1.54, 1.807) is 84.9 Å². The molecule has 0 amide bonds. The molecule has 0 saturated heterocycles. The molecule has 528 valence electrons. The number of hydrogen-bond donors (Lipinski definition) is 2. The quantitative estimate of drug-likeness (QED) is 0.0159. The Morgan fingerprint density at radius 2 is 0.784 bits per heavy atom. The van der Waals surface area contributed by atoms with E-state index in [4.69, 9.17) is 70.5 Å². The Balaban J connectivity index is 0.000000213. The molecule has 0 saturated carbocycles. The van der Waals surface area contributed by atoms with Crippen LogP contribution in [0.25, 0.3) is 40.9 Å². The molecule has 8 aromatic carbocycles. The van der Waals surface area contributed by atoms with Crippen molar-refractivity contribution in [1.82, 2.24) is 38.3 Å². The number of carboxylic acid groups (broad SMARTS) is 1. The first-order chi connectivity index (χ1) is 47.5. The number of carbonyl (C=O) groups excluding carboxylic acids is 3. The number of carboxylic acids is 1. The van der Waals surface area contributed by atoms with E-state index < -0.39 is 35.2 Å². The van der Waals surface area contributed by atoms with Crippen LogP contribution in [0.15, 0.2) is 128 Å². The van der Waals surface area contributed by atoms with Gasteiger partial charge < -0.3 is 34.6 Å². The number of halogens is 13. The van der Waals surface area contributed by atoms with Gasteiger partial charge in [0.05, 0.1) is 63.1 Å².